The molecular formula is C9H5BrFNO. The minimum atomic E-state index is -0.508. The molecule has 0 amide bonds. The second-order valence-electron chi connectivity index (χ2n) is 2.66. The summed E-state index contributed by atoms with van der Waals surface area (Å²) in [6, 6.07) is 4.63. The third-order valence-corrected chi connectivity index (χ3v) is 2.25. The van der Waals surface area contributed by atoms with E-state index in [1.807, 2.05) is 0 Å². The maximum absolute atomic E-state index is 13.3. The minimum Gasteiger partial charge on any atom is -0.328 e. The first-order valence-corrected chi connectivity index (χ1v) is 4.44. The second-order valence-corrected chi connectivity index (χ2v) is 3.57. The molecule has 0 aliphatic heterocycles. The van der Waals surface area contributed by atoms with Gasteiger partial charge in [-0.3, -0.25) is 4.79 Å². The summed E-state index contributed by atoms with van der Waals surface area (Å²) in [6.07, 6.45) is 1.50. The Labute approximate surface area is 81.5 Å². The van der Waals surface area contributed by atoms with Gasteiger partial charge in [0.25, 0.3) is 5.56 Å². The van der Waals surface area contributed by atoms with Crippen molar-refractivity contribution in [3.05, 3.63) is 45.0 Å². The van der Waals surface area contributed by atoms with Crippen LogP contribution in [0.3, 0.4) is 0 Å². The molecule has 0 unspecified atom stereocenters. The van der Waals surface area contributed by atoms with Crippen LogP contribution >= 0.6 is 15.9 Å². The zero-order valence-corrected chi connectivity index (χ0v) is 8.06. The summed E-state index contributed by atoms with van der Waals surface area (Å²) in [5.41, 5.74) is -0.400. The highest BCUT2D eigenvalue weighted by Gasteiger charge is 2.05. The van der Waals surface area contributed by atoms with Crippen LogP contribution in [0.25, 0.3) is 10.8 Å². The highest BCUT2D eigenvalue weighted by atomic mass is 79.9. The zero-order valence-electron chi connectivity index (χ0n) is 6.47. The molecule has 1 N–H and O–H groups in total. The maximum Gasteiger partial charge on any atom is 0.258 e. The fourth-order valence-corrected chi connectivity index (χ4v) is 1.69. The molecule has 66 valence electrons. The fraction of sp³-hybridized carbons (Fsp3) is 0. The Hall–Kier alpha value is -1.16. The number of pyridine rings is 1. The number of halogens is 2. The van der Waals surface area contributed by atoms with Crippen LogP contribution in [0.4, 0.5) is 4.39 Å². The number of benzene rings is 1. The zero-order chi connectivity index (χ0) is 9.42. The van der Waals surface area contributed by atoms with Crippen LogP contribution in [0.15, 0.2) is 33.7 Å². The van der Waals surface area contributed by atoms with Crippen LogP contribution in [0.1, 0.15) is 0 Å². The lowest BCUT2D eigenvalue weighted by Gasteiger charge is -1.98. The molecule has 0 fully saturated rings. The van der Waals surface area contributed by atoms with Crippen LogP contribution in [-0.4, -0.2) is 4.98 Å². The van der Waals surface area contributed by atoms with Crippen molar-refractivity contribution in [1.29, 1.82) is 0 Å². The summed E-state index contributed by atoms with van der Waals surface area (Å²) in [7, 11) is 0. The molecule has 4 heteroatoms. The third kappa shape index (κ3) is 1.37. The number of H-pyrrole nitrogens is 1. The molecule has 2 nitrogen and oxygen atoms in total. The van der Waals surface area contributed by atoms with Gasteiger partial charge in [0, 0.05) is 10.7 Å². The van der Waals surface area contributed by atoms with Crippen LogP contribution < -0.4 is 5.56 Å². The molecule has 0 radical (unpaired) electrons. The average Bonchev–Trinajstić information content (AvgIpc) is 2.02. The lowest BCUT2D eigenvalue weighted by molar-refractivity contribution is 0.638. The molecule has 2 aromatic rings. The summed E-state index contributed by atoms with van der Waals surface area (Å²) >= 11 is 3.16. The van der Waals surface area contributed by atoms with Crippen molar-refractivity contribution < 1.29 is 4.39 Å². The number of hydrogen-bond donors (Lipinski definition) is 1. The Morgan fingerprint density at radius 3 is 2.92 bits per heavy atom. The quantitative estimate of drug-likeness (QED) is 0.756. The van der Waals surface area contributed by atoms with Crippen LogP contribution in [0, 0.1) is 5.82 Å². The van der Waals surface area contributed by atoms with Crippen molar-refractivity contribution in [1.82, 2.24) is 4.98 Å². The van der Waals surface area contributed by atoms with Gasteiger partial charge in [-0.15, -0.1) is 0 Å². The smallest absolute Gasteiger partial charge is 0.258 e. The first-order chi connectivity index (χ1) is 6.18. The van der Waals surface area contributed by atoms with Gasteiger partial charge >= 0.3 is 0 Å². The number of fused-ring (bicyclic) bond motifs is 1. The SMILES string of the molecule is O=c1[nH]ccc2cc(Br)cc(F)c12. The van der Waals surface area contributed by atoms with E-state index in [-0.39, 0.29) is 5.39 Å². The highest BCUT2D eigenvalue weighted by molar-refractivity contribution is 9.10. The highest BCUT2D eigenvalue weighted by Crippen LogP contribution is 2.19. The predicted octanol–water partition coefficient (Wildman–Crippen LogP) is 2.43. The van der Waals surface area contributed by atoms with Gasteiger partial charge in [-0.05, 0) is 23.6 Å². The Balaban J connectivity index is 3.03. The summed E-state index contributed by atoms with van der Waals surface area (Å²) < 4.78 is 13.9. The number of aromatic nitrogens is 1. The summed E-state index contributed by atoms with van der Waals surface area (Å²) in [6.45, 7) is 0. The van der Waals surface area contributed by atoms with E-state index in [4.69, 9.17) is 0 Å². The number of rotatable bonds is 0. The Morgan fingerprint density at radius 2 is 2.15 bits per heavy atom. The molecule has 0 bridgehead atoms. The second kappa shape index (κ2) is 2.96. The number of nitrogens with one attached hydrogen (secondary N) is 1. The normalized spacial score (nSPS) is 10.6. The van der Waals surface area contributed by atoms with E-state index in [9.17, 15) is 9.18 Å². The average molecular weight is 242 g/mol. The van der Waals surface area contributed by atoms with Gasteiger partial charge in [0.15, 0.2) is 0 Å². The van der Waals surface area contributed by atoms with Gasteiger partial charge in [-0.1, -0.05) is 15.9 Å². The van der Waals surface area contributed by atoms with Crippen LogP contribution in [0.5, 0.6) is 0 Å². The third-order valence-electron chi connectivity index (χ3n) is 1.79. The van der Waals surface area contributed by atoms with E-state index >= 15 is 0 Å². The van der Waals surface area contributed by atoms with Crippen LogP contribution in [0.2, 0.25) is 0 Å². The topological polar surface area (TPSA) is 32.9 Å². The molecule has 1 aromatic heterocycles. The first-order valence-electron chi connectivity index (χ1n) is 3.65. The molecule has 0 aliphatic rings. The van der Waals surface area contributed by atoms with Crippen molar-refractivity contribution in [2.75, 3.05) is 0 Å². The molecule has 13 heavy (non-hydrogen) atoms. The van der Waals surface area contributed by atoms with Crippen molar-refractivity contribution in [2.24, 2.45) is 0 Å². The molecule has 1 aromatic carbocycles. The van der Waals surface area contributed by atoms with E-state index in [0.717, 1.165) is 0 Å². The van der Waals surface area contributed by atoms with Gasteiger partial charge in [-0.25, -0.2) is 4.39 Å². The molecule has 0 saturated heterocycles. The monoisotopic (exact) mass is 241 g/mol. The van der Waals surface area contributed by atoms with Gasteiger partial charge in [0.05, 0.1) is 5.39 Å². The predicted molar refractivity (Wildman–Crippen MR) is 52.2 cm³/mol. The van der Waals surface area contributed by atoms with E-state index in [2.05, 4.69) is 20.9 Å². The lowest BCUT2D eigenvalue weighted by Crippen LogP contribution is -2.06. The first kappa shape index (κ1) is 8.44. The lowest BCUT2D eigenvalue weighted by atomic mass is 10.2. The maximum atomic E-state index is 13.3. The minimum absolute atomic E-state index is 0.103. The molecule has 0 atom stereocenters. The van der Waals surface area contributed by atoms with E-state index in [1.165, 1.54) is 12.3 Å². The van der Waals surface area contributed by atoms with E-state index in [1.54, 1.807) is 12.1 Å². The van der Waals surface area contributed by atoms with Gasteiger partial charge in [0.2, 0.25) is 0 Å². The van der Waals surface area contributed by atoms with Gasteiger partial charge in [0.1, 0.15) is 5.82 Å². The van der Waals surface area contributed by atoms with Crippen molar-refractivity contribution >= 4 is 26.7 Å². The fourth-order valence-electron chi connectivity index (χ4n) is 1.24. The molecule has 0 aliphatic carbocycles. The summed E-state index contributed by atoms with van der Waals surface area (Å²) in [4.78, 5) is 13.6. The Bertz CT molecular complexity index is 520. The van der Waals surface area contributed by atoms with Crippen molar-refractivity contribution in [3.63, 3.8) is 0 Å². The molecular weight excluding hydrogens is 237 g/mol. The van der Waals surface area contributed by atoms with E-state index in [0.29, 0.717) is 9.86 Å². The van der Waals surface area contributed by atoms with Gasteiger partial charge in [-0.2, -0.15) is 0 Å². The number of hydrogen-bond acceptors (Lipinski definition) is 1. The number of aromatic amines is 1. The van der Waals surface area contributed by atoms with Crippen molar-refractivity contribution in [2.45, 2.75) is 0 Å². The summed E-state index contributed by atoms with van der Waals surface area (Å²) in [5.74, 6) is -0.508. The molecule has 0 saturated carbocycles. The summed E-state index contributed by atoms with van der Waals surface area (Å²) in [5, 5.41) is 0.696. The van der Waals surface area contributed by atoms with Gasteiger partial charge < -0.3 is 4.98 Å². The Morgan fingerprint density at radius 1 is 1.38 bits per heavy atom. The van der Waals surface area contributed by atoms with E-state index < -0.39 is 11.4 Å². The molecule has 2 rings (SSSR count). The largest absolute Gasteiger partial charge is 0.328 e. The standard InChI is InChI=1S/C9H5BrFNO/c10-6-3-5-1-2-12-9(13)8(5)7(11)4-6/h1-4H,(H,12,13). The van der Waals surface area contributed by atoms with Crippen molar-refractivity contribution in [3.8, 4) is 0 Å². The Kier molecular flexibility index (Phi) is 1.92. The molecule has 0 spiro atoms. The van der Waals surface area contributed by atoms with Crippen LogP contribution in [-0.2, 0) is 0 Å². The molecule has 1 heterocycles.